The van der Waals surface area contributed by atoms with E-state index < -0.39 is 5.91 Å². The number of rotatable bonds is 6. The van der Waals surface area contributed by atoms with Gasteiger partial charge in [-0.05, 0) is 17.7 Å². The minimum Gasteiger partial charge on any atom is -0.369 e. The Hall–Kier alpha value is -3.19. The highest BCUT2D eigenvalue weighted by atomic mass is 35.5. The van der Waals surface area contributed by atoms with Crippen molar-refractivity contribution in [2.45, 2.75) is 13.1 Å². The van der Waals surface area contributed by atoms with Crippen molar-refractivity contribution < 1.29 is 4.79 Å². The Morgan fingerprint density at radius 3 is 2.63 bits per heavy atom. The second-order valence-corrected chi connectivity index (χ2v) is 6.40. The Morgan fingerprint density at radius 2 is 1.96 bits per heavy atom. The summed E-state index contributed by atoms with van der Waals surface area (Å²) in [6.07, 6.45) is 3.00. The summed E-state index contributed by atoms with van der Waals surface area (Å²) >= 11 is 5.76. The van der Waals surface area contributed by atoms with Crippen LogP contribution in [0.1, 0.15) is 5.56 Å². The number of anilines is 2. The van der Waals surface area contributed by atoms with Gasteiger partial charge in [0, 0.05) is 25.9 Å². The summed E-state index contributed by atoms with van der Waals surface area (Å²) in [5, 5.41) is 7.17. The van der Waals surface area contributed by atoms with Crippen LogP contribution in [0.3, 0.4) is 0 Å². The zero-order valence-corrected chi connectivity index (χ0v) is 15.4. The van der Waals surface area contributed by atoms with Gasteiger partial charge in [0.1, 0.15) is 12.4 Å². The Balaban J connectivity index is 1.64. The lowest BCUT2D eigenvalue weighted by Crippen LogP contribution is -2.30. The van der Waals surface area contributed by atoms with E-state index in [4.69, 9.17) is 11.6 Å². The molecule has 0 spiro atoms. The summed E-state index contributed by atoms with van der Waals surface area (Å²) in [5.41, 5.74) is 1.45. The standard InChI is InChI=1S/C19H18ClN5O2/c1-24(12-14-5-3-2-4-6-14)16-9-19(27)25(22-11-16)13-18(26)23-17-8-7-15(20)10-21-17/h2-11H,12-13H2,1H3,(H,21,23,26). The van der Waals surface area contributed by atoms with Gasteiger partial charge >= 0.3 is 0 Å². The van der Waals surface area contributed by atoms with Gasteiger partial charge < -0.3 is 10.2 Å². The number of pyridine rings is 1. The van der Waals surface area contributed by atoms with E-state index in [0.29, 0.717) is 23.1 Å². The average molecular weight is 384 g/mol. The van der Waals surface area contributed by atoms with Gasteiger partial charge in [0.15, 0.2) is 0 Å². The van der Waals surface area contributed by atoms with Crippen LogP contribution in [0.15, 0.2) is 65.7 Å². The molecule has 0 aliphatic rings. The van der Waals surface area contributed by atoms with Gasteiger partial charge in [-0.2, -0.15) is 5.10 Å². The van der Waals surface area contributed by atoms with Crippen molar-refractivity contribution in [3.05, 3.63) is 81.9 Å². The van der Waals surface area contributed by atoms with Gasteiger partial charge in [0.25, 0.3) is 5.56 Å². The molecule has 3 rings (SSSR count). The third kappa shape index (κ3) is 5.15. The zero-order valence-electron chi connectivity index (χ0n) is 14.7. The van der Waals surface area contributed by atoms with E-state index in [9.17, 15) is 9.59 Å². The molecule has 0 fully saturated rings. The van der Waals surface area contributed by atoms with Gasteiger partial charge in [0.05, 0.1) is 16.9 Å². The van der Waals surface area contributed by atoms with Crippen molar-refractivity contribution in [2.24, 2.45) is 0 Å². The lowest BCUT2D eigenvalue weighted by molar-refractivity contribution is -0.117. The largest absolute Gasteiger partial charge is 0.369 e. The summed E-state index contributed by atoms with van der Waals surface area (Å²) < 4.78 is 1.10. The van der Waals surface area contributed by atoms with E-state index in [-0.39, 0.29) is 12.1 Å². The zero-order chi connectivity index (χ0) is 19.2. The topological polar surface area (TPSA) is 80.1 Å². The SMILES string of the molecule is CN(Cc1ccccc1)c1cnn(CC(=O)Nc2ccc(Cl)cn2)c(=O)c1. The fourth-order valence-electron chi connectivity index (χ4n) is 2.47. The molecule has 0 aliphatic carbocycles. The molecule has 2 heterocycles. The van der Waals surface area contributed by atoms with Gasteiger partial charge in [-0.1, -0.05) is 41.9 Å². The Labute approximate surface area is 161 Å². The van der Waals surface area contributed by atoms with Crippen LogP contribution < -0.4 is 15.8 Å². The third-order valence-corrected chi connectivity index (χ3v) is 4.07. The summed E-state index contributed by atoms with van der Waals surface area (Å²) in [7, 11) is 1.88. The minimum atomic E-state index is -0.398. The molecule has 3 aromatic rings. The molecule has 0 radical (unpaired) electrons. The van der Waals surface area contributed by atoms with Crippen LogP contribution in [-0.4, -0.2) is 27.7 Å². The molecule has 0 atom stereocenters. The van der Waals surface area contributed by atoms with Crippen LogP contribution in [0, 0.1) is 0 Å². The number of hydrogen-bond acceptors (Lipinski definition) is 5. The molecule has 0 unspecified atom stereocenters. The van der Waals surface area contributed by atoms with Crippen LogP contribution in [-0.2, 0) is 17.9 Å². The van der Waals surface area contributed by atoms with Crippen LogP contribution in [0.4, 0.5) is 11.5 Å². The number of aromatic nitrogens is 3. The number of benzene rings is 1. The quantitative estimate of drug-likeness (QED) is 0.707. The number of amides is 1. The van der Waals surface area contributed by atoms with Crippen molar-refractivity contribution in [2.75, 3.05) is 17.3 Å². The van der Waals surface area contributed by atoms with Crippen LogP contribution in [0.5, 0.6) is 0 Å². The Bertz CT molecular complexity index is 973. The fraction of sp³-hybridized carbons (Fsp3) is 0.158. The van der Waals surface area contributed by atoms with E-state index in [1.807, 2.05) is 42.3 Å². The molecular weight excluding hydrogens is 366 g/mol. The van der Waals surface area contributed by atoms with E-state index in [1.165, 1.54) is 12.3 Å². The van der Waals surface area contributed by atoms with Gasteiger partial charge in [-0.25, -0.2) is 9.67 Å². The molecule has 1 amide bonds. The molecule has 1 N–H and O–H groups in total. The Morgan fingerprint density at radius 1 is 1.19 bits per heavy atom. The first-order valence-corrected chi connectivity index (χ1v) is 8.63. The number of carbonyl (C=O) groups excluding carboxylic acids is 1. The maximum absolute atomic E-state index is 12.3. The van der Waals surface area contributed by atoms with Crippen molar-refractivity contribution >= 4 is 29.0 Å². The summed E-state index contributed by atoms with van der Waals surface area (Å²) in [4.78, 5) is 30.3. The number of nitrogens with one attached hydrogen (secondary N) is 1. The monoisotopic (exact) mass is 383 g/mol. The van der Waals surface area contributed by atoms with Crippen molar-refractivity contribution in [1.82, 2.24) is 14.8 Å². The lowest BCUT2D eigenvalue weighted by atomic mass is 10.2. The molecule has 7 nitrogen and oxygen atoms in total. The fourth-order valence-corrected chi connectivity index (χ4v) is 2.58. The number of hydrogen-bond donors (Lipinski definition) is 1. The molecular formula is C19H18ClN5O2. The molecule has 8 heteroatoms. The van der Waals surface area contributed by atoms with E-state index >= 15 is 0 Å². The molecule has 2 aromatic heterocycles. The van der Waals surface area contributed by atoms with Crippen LogP contribution in [0.2, 0.25) is 5.02 Å². The summed E-state index contributed by atoms with van der Waals surface area (Å²) in [6.45, 7) is 0.445. The smallest absolute Gasteiger partial charge is 0.269 e. The summed E-state index contributed by atoms with van der Waals surface area (Å²) in [5.74, 6) is -0.0403. The minimum absolute atomic E-state index is 0.203. The highest BCUT2D eigenvalue weighted by Crippen LogP contribution is 2.12. The molecule has 0 aliphatic heterocycles. The van der Waals surface area contributed by atoms with Gasteiger partial charge in [-0.3, -0.25) is 9.59 Å². The number of halogens is 1. The first-order chi connectivity index (χ1) is 13.0. The molecule has 1 aromatic carbocycles. The summed E-state index contributed by atoms with van der Waals surface area (Å²) in [6, 6.07) is 14.6. The average Bonchev–Trinajstić information content (AvgIpc) is 2.66. The van der Waals surface area contributed by atoms with Crippen molar-refractivity contribution in [3.8, 4) is 0 Å². The van der Waals surface area contributed by atoms with E-state index in [0.717, 1.165) is 10.2 Å². The van der Waals surface area contributed by atoms with Crippen molar-refractivity contribution in [1.29, 1.82) is 0 Å². The Kier molecular flexibility index (Phi) is 5.83. The first-order valence-electron chi connectivity index (χ1n) is 8.25. The molecule has 27 heavy (non-hydrogen) atoms. The van der Waals surface area contributed by atoms with Crippen LogP contribution in [0.25, 0.3) is 0 Å². The predicted molar refractivity (Wildman–Crippen MR) is 105 cm³/mol. The predicted octanol–water partition coefficient (Wildman–Crippen LogP) is 2.57. The van der Waals surface area contributed by atoms with Gasteiger partial charge in [-0.15, -0.1) is 0 Å². The number of carbonyl (C=O) groups is 1. The molecule has 0 bridgehead atoms. The van der Waals surface area contributed by atoms with Crippen molar-refractivity contribution in [3.63, 3.8) is 0 Å². The number of nitrogens with zero attached hydrogens (tertiary/aromatic N) is 4. The third-order valence-electron chi connectivity index (χ3n) is 3.85. The maximum Gasteiger partial charge on any atom is 0.269 e. The molecule has 138 valence electrons. The second-order valence-electron chi connectivity index (χ2n) is 5.96. The second kappa shape index (κ2) is 8.46. The lowest BCUT2D eigenvalue weighted by Gasteiger charge is -2.19. The van der Waals surface area contributed by atoms with E-state index in [2.05, 4.69) is 15.4 Å². The highest BCUT2D eigenvalue weighted by molar-refractivity contribution is 6.30. The maximum atomic E-state index is 12.3. The molecule has 0 saturated heterocycles. The molecule has 0 saturated carbocycles. The highest BCUT2D eigenvalue weighted by Gasteiger charge is 2.09. The normalized spacial score (nSPS) is 10.4. The van der Waals surface area contributed by atoms with Crippen LogP contribution >= 0.6 is 11.6 Å². The first kappa shape index (κ1) is 18.6. The van der Waals surface area contributed by atoms with E-state index in [1.54, 1.807) is 18.3 Å². The van der Waals surface area contributed by atoms with Gasteiger partial charge in [0.2, 0.25) is 5.91 Å².